The van der Waals surface area contributed by atoms with E-state index in [2.05, 4.69) is 26.1 Å². The largest absolute Gasteiger partial charge is 0.288 e. The van der Waals surface area contributed by atoms with Crippen LogP contribution < -0.4 is 0 Å². The van der Waals surface area contributed by atoms with Crippen LogP contribution in [-0.4, -0.2) is 10.1 Å². The standard InChI is InChI=1S/C7H13NS3/c1-3-4-5-10-7(8)11-6(2)9/h8-9H,2-5H2,1H3. The Labute approximate surface area is 82.3 Å². The number of hydrogen-bond acceptors (Lipinski definition) is 4. The fourth-order valence-electron chi connectivity index (χ4n) is 0.446. The lowest BCUT2D eigenvalue weighted by molar-refractivity contribution is 0.898. The molecular formula is C7H13NS3. The highest BCUT2D eigenvalue weighted by Gasteiger charge is 1.98. The molecule has 0 spiro atoms. The zero-order valence-corrected chi connectivity index (χ0v) is 9.12. The first-order chi connectivity index (χ1) is 5.16. The van der Waals surface area contributed by atoms with Gasteiger partial charge >= 0.3 is 0 Å². The molecule has 0 saturated carbocycles. The van der Waals surface area contributed by atoms with Crippen LogP contribution in [0.15, 0.2) is 10.8 Å². The molecule has 0 bridgehead atoms. The van der Waals surface area contributed by atoms with Gasteiger partial charge in [-0.1, -0.05) is 43.4 Å². The normalized spacial score (nSPS) is 9.64. The van der Waals surface area contributed by atoms with Crippen molar-refractivity contribution in [1.29, 1.82) is 5.41 Å². The first-order valence-corrected chi connectivity index (χ1v) is 5.68. The number of unbranched alkanes of at least 4 members (excludes halogenated alkanes) is 1. The Hall–Kier alpha value is 0.460. The average Bonchev–Trinajstić information content (AvgIpc) is 1.86. The second kappa shape index (κ2) is 7.13. The smallest absolute Gasteiger partial charge is 0.127 e. The molecule has 0 aliphatic carbocycles. The molecule has 0 heterocycles. The molecule has 0 aliphatic rings. The van der Waals surface area contributed by atoms with E-state index in [-0.39, 0.29) is 0 Å². The maximum atomic E-state index is 7.41. The zero-order valence-electron chi connectivity index (χ0n) is 6.59. The molecule has 0 aliphatic heterocycles. The molecule has 0 atom stereocenters. The third-order valence-corrected chi connectivity index (χ3v) is 2.99. The van der Waals surface area contributed by atoms with Crippen molar-refractivity contribution >= 4 is 40.5 Å². The van der Waals surface area contributed by atoms with Crippen molar-refractivity contribution in [2.45, 2.75) is 19.8 Å². The minimum atomic E-state index is 0.596. The summed E-state index contributed by atoms with van der Waals surface area (Å²) < 4.78 is 1.29. The molecule has 0 aromatic carbocycles. The van der Waals surface area contributed by atoms with E-state index >= 15 is 0 Å². The van der Waals surface area contributed by atoms with Crippen LogP contribution in [0.4, 0.5) is 0 Å². The van der Waals surface area contributed by atoms with Crippen molar-refractivity contribution < 1.29 is 0 Å². The van der Waals surface area contributed by atoms with Gasteiger partial charge in [0.15, 0.2) is 0 Å². The van der Waals surface area contributed by atoms with Crippen molar-refractivity contribution in [2.75, 3.05) is 5.75 Å². The fraction of sp³-hybridized carbons (Fsp3) is 0.571. The van der Waals surface area contributed by atoms with E-state index in [9.17, 15) is 0 Å². The summed E-state index contributed by atoms with van der Waals surface area (Å²) in [5, 5.41) is 7.41. The van der Waals surface area contributed by atoms with E-state index in [0.29, 0.717) is 8.61 Å². The van der Waals surface area contributed by atoms with E-state index < -0.39 is 0 Å². The number of rotatable bonds is 4. The predicted octanol–water partition coefficient (Wildman–Crippen LogP) is 3.59. The van der Waals surface area contributed by atoms with Crippen molar-refractivity contribution in [1.82, 2.24) is 0 Å². The van der Waals surface area contributed by atoms with Gasteiger partial charge in [-0.25, -0.2) is 0 Å². The van der Waals surface area contributed by atoms with Crippen molar-refractivity contribution in [3.63, 3.8) is 0 Å². The Bertz CT molecular complexity index is 145. The van der Waals surface area contributed by atoms with Gasteiger partial charge in [-0.15, -0.1) is 12.6 Å². The topological polar surface area (TPSA) is 23.9 Å². The Morgan fingerprint density at radius 3 is 2.73 bits per heavy atom. The number of thioether (sulfide) groups is 2. The van der Waals surface area contributed by atoms with Gasteiger partial charge in [-0.05, 0) is 12.2 Å². The summed E-state index contributed by atoms with van der Waals surface area (Å²) in [6.07, 6.45) is 2.36. The summed E-state index contributed by atoms with van der Waals surface area (Å²) in [6.45, 7) is 5.74. The number of thiol groups is 1. The SMILES string of the molecule is C=C(S)SC(=N)SCCCC. The van der Waals surface area contributed by atoms with Gasteiger partial charge in [0.05, 0.1) is 0 Å². The summed E-state index contributed by atoms with van der Waals surface area (Å²) in [6, 6.07) is 0. The van der Waals surface area contributed by atoms with Gasteiger partial charge in [-0.2, -0.15) is 0 Å². The third-order valence-electron chi connectivity index (χ3n) is 0.942. The molecule has 0 unspecified atom stereocenters. The second-order valence-electron chi connectivity index (χ2n) is 1.99. The van der Waals surface area contributed by atoms with Crippen LogP contribution in [0, 0.1) is 5.41 Å². The Balaban J connectivity index is 3.30. The molecule has 0 rings (SSSR count). The van der Waals surface area contributed by atoms with E-state index in [1.165, 1.54) is 24.6 Å². The molecule has 0 fully saturated rings. The number of nitrogens with one attached hydrogen (secondary N) is 1. The zero-order chi connectivity index (χ0) is 8.69. The lowest BCUT2D eigenvalue weighted by atomic mass is 10.4. The molecule has 0 saturated heterocycles. The summed E-state index contributed by atoms with van der Waals surface area (Å²) >= 11 is 6.88. The molecule has 64 valence electrons. The Morgan fingerprint density at radius 2 is 2.27 bits per heavy atom. The maximum absolute atomic E-state index is 7.41. The average molecular weight is 207 g/mol. The molecule has 4 heteroatoms. The highest BCUT2D eigenvalue weighted by atomic mass is 32.2. The summed E-state index contributed by atoms with van der Waals surface area (Å²) in [5.74, 6) is 1.03. The van der Waals surface area contributed by atoms with Crippen LogP contribution in [-0.2, 0) is 0 Å². The minimum absolute atomic E-state index is 0.596. The molecule has 0 aromatic rings. The van der Waals surface area contributed by atoms with Crippen LogP contribution >= 0.6 is 36.2 Å². The van der Waals surface area contributed by atoms with Gasteiger partial charge in [0.1, 0.15) is 4.38 Å². The molecular weight excluding hydrogens is 194 g/mol. The van der Waals surface area contributed by atoms with E-state index in [1.54, 1.807) is 11.8 Å². The van der Waals surface area contributed by atoms with Gasteiger partial charge in [0, 0.05) is 4.24 Å². The lowest BCUT2D eigenvalue weighted by Gasteiger charge is -1.99. The van der Waals surface area contributed by atoms with Crippen LogP contribution in [0.2, 0.25) is 0 Å². The van der Waals surface area contributed by atoms with Gasteiger partial charge in [0.2, 0.25) is 0 Å². The predicted molar refractivity (Wildman–Crippen MR) is 60.8 cm³/mol. The Kier molecular flexibility index (Phi) is 7.43. The van der Waals surface area contributed by atoms with E-state index in [1.807, 2.05) is 0 Å². The quantitative estimate of drug-likeness (QED) is 0.318. The Morgan fingerprint density at radius 1 is 1.64 bits per heavy atom. The van der Waals surface area contributed by atoms with Crippen molar-refractivity contribution in [2.24, 2.45) is 0 Å². The molecule has 0 radical (unpaired) electrons. The van der Waals surface area contributed by atoms with E-state index in [4.69, 9.17) is 5.41 Å². The second-order valence-corrected chi connectivity index (χ2v) is 5.30. The van der Waals surface area contributed by atoms with Crippen LogP contribution in [0.3, 0.4) is 0 Å². The highest BCUT2D eigenvalue weighted by molar-refractivity contribution is 8.43. The van der Waals surface area contributed by atoms with Gasteiger partial charge < -0.3 is 0 Å². The summed E-state index contributed by atoms with van der Waals surface area (Å²) in [7, 11) is 0. The molecule has 1 nitrogen and oxygen atoms in total. The fourth-order valence-corrected chi connectivity index (χ4v) is 2.52. The van der Waals surface area contributed by atoms with Gasteiger partial charge in [-0.3, -0.25) is 5.41 Å². The first kappa shape index (κ1) is 11.5. The van der Waals surface area contributed by atoms with E-state index in [0.717, 1.165) is 5.75 Å². The minimum Gasteiger partial charge on any atom is -0.288 e. The van der Waals surface area contributed by atoms with Gasteiger partial charge in [0.25, 0.3) is 0 Å². The summed E-state index contributed by atoms with van der Waals surface area (Å²) in [4.78, 5) is 0. The third kappa shape index (κ3) is 8.37. The molecule has 11 heavy (non-hydrogen) atoms. The maximum Gasteiger partial charge on any atom is 0.127 e. The van der Waals surface area contributed by atoms with Crippen molar-refractivity contribution in [3.05, 3.63) is 10.8 Å². The molecule has 0 amide bonds. The highest BCUT2D eigenvalue weighted by Crippen LogP contribution is 2.24. The monoisotopic (exact) mass is 207 g/mol. The van der Waals surface area contributed by atoms with Crippen molar-refractivity contribution in [3.8, 4) is 0 Å². The lowest BCUT2D eigenvalue weighted by Crippen LogP contribution is -1.84. The molecule has 1 N–H and O–H groups in total. The first-order valence-electron chi connectivity index (χ1n) is 3.44. The van der Waals surface area contributed by atoms with Crippen LogP contribution in [0.25, 0.3) is 0 Å². The summed E-state index contributed by atoms with van der Waals surface area (Å²) in [5.41, 5.74) is 0. The van der Waals surface area contributed by atoms with Crippen LogP contribution in [0.1, 0.15) is 19.8 Å². The van der Waals surface area contributed by atoms with Crippen LogP contribution in [0.5, 0.6) is 0 Å². The molecule has 0 aromatic heterocycles. The number of hydrogen-bond donors (Lipinski definition) is 2.